The van der Waals surface area contributed by atoms with Crippen molar-refractivity contribution < 1.29 is 19.1 Å². The van der Waals surface area contributed by atoms with E-state index in [2.05, 4.69) is 16.0 Å². The summed E-state index contributed by atoms with van der Waals surface area (Å²) in [4.78, 5) is 27.0. The Balaban J connectivity index is 1.72. The topological polar surface area (TPSA) is 88.7 Å². The third kappa shape index (κ3) is 3.80. The van der Waals surface area contributed by atoms with Gasteiger partial charge in [0.05, 0.1) is 36.5 Å². The number of fused-ring (bicyclic) bond motifs is 2. The number of carbonyl (C=O) groups is 2. The second kappa shape index (κ2) is 9.21. The SMILES string of the molecule is COc1ccc(OC)c(NC(=O)[C@@H]2C[C@@H](CCSC)N[C@@]23C(=O)Nc2c(Cl)cccc23)c1. The average Bonchev–Trinajstić information content (AvgIpc) is 3.32. The number of amides is 2. The van der Waals surface area contributed by atoms with Crippen LogP contribution in [0.3, 0.4) is 0 Å². The molecule has 0 bridgehead atoms. The lowest BCUT2D eigenvalue weighted by Crippen LogP contribution is -2.52. The van der Waals surface area contributed by atoms with Gasteiger partial charge in [-0.15, -0.1) is 0 Å². The summed E-state index contributed by atoms with van der Waals surface area (Å²) in [6.45, 7) is 0. The van der Waals surface area contributed by atoms with E-state index in [0.29, 0.717) is 39.9 Å². The number of carbonyl (C=O) groups excluding carboxylic acids is 2. The van der Waals surface area contributed by atoms with Crippen molar-refractivity contribution in [1.82, 2.24) is 5.32 Å². The zero-order valence-electron chi connectivity index (χ0n) is 18.2. The summed E-state index contributed by atoms with van der Waals surface area (Å²) >= 11 is 8.11. The molecule has 2 aromatic rings. The molecule has 170 valence electrons. The Kier molecular flexibility index (Phi) is 6.55. The van der Waals surface area contributed by atoms with E-state index in [1.807, 2.05) is 12.3 Å². The van der Waals surface area contributed by atoms with Crippen LogP contribution in [-0.4, -0.2) is 44.1 Å². The molecule has 1 saturated heterocycles. The zero-order chi connectivity index (χ0) is 22.9. The normalized spacial score (nSPS) is 23.7. The van der Waals surface area contributed by atoms with Gasteiger partial charge in [0.2, 0.25) is 11.8 Å². The molecule has 0 saturated carbocycles. The highest BCUT2D eigenvalue weighted by molar-refractivity contribution is 7.98. The molecule has 4 rings (SSSR count). The average molecular weight is 476 g/mol. The summed E-state index contributed by atoms with van der Waals surface area (Å²) < 4.78 is 10.7. The highest BCUT2D eigenvalue weighted by Crippen LogP contribution is 2.50. The molecule has 2 amide bonds. The minimum absolute atomic E-state index is 0.0149. The van der Waals surface area contributed by atoms with Crippen LogP contribution in [0.1, 0.15) is 18.4 Å². The quantitative estimate of drug-likeness (QED) is 0.563. The number of rotatable bonds is 7. The number of ether oxygens (including phenoxy) is 2. The van der Waals surface area contributed by atoms with Crippen molar-refractivity contribution in [3.05, 3.63) is 47.0 Å². The summed E-state index contributed by atoms with van der Waals surface area (Å²) in [5, 5.41) is 9.83. The van der Waals surface area contributed by atoms with Crippen molar-refractivity contribution >= 4 is 46.6 Å². The van der Waals surface area contributed by atoms with Crippen LogP contribution < -0.4 is 25.4 Å². The van der Waals surface area contributed by atoms with Crippen LogP contribution in [0.5, 0.6) is 11.5 Å². The monoisotopic (exact) mass is 475 g/mol. The number of halogens is 1. The molecule has 3 N–H and O–H groups in total. The Morgan fingerprint density at radius 1 is 1.28 bits per heavy atom. The second-order valence-electron chi connectivity index (χ2n) is 7.89. The second-order valence-corrected chi connectivity index (χ2v) is 9.28. The predicted molar refractivity (Wildman–Crippen MR) is 128 cm³/mol. The van der Waals surface area contributed by atoms with Gasteiger partial charge in [0.25, 0.3) is 0 Å². The van der Waals surface area contributed by atoms with Crippen molar-refractivity contribution in [3.8, 4) is 11.5 Å². The highest BCUT2D eigenvalue weighted by Gasteiger charge is 2.60. The fraction of sp³-hybridized carbons (Fsp3) is 0.391. The van der Waals surface area contributed by atoms with Gasteiger partial charge >= 0.3 is 0 Å². The van der Waals surface area contributed by atoms with E-state index in [1.54, 1.807) is 49.2 Å². The molecule has 0 aromatic heterocycles. The molecule has 1 spiro atoms. The van der Waals surface area contributed by atoms with Gasteiger partial charge in [-0.3, -0.25) is 14.9 Å². The minimum atomic E-state index is -1.18. The Bertz CT molecular complexity index is 1050. The van der Waals surface area contributed by atoms with Gasteiger partial charge in [0.15, 0.2) is 0 Å². The van der Waals surface area contributed by atoms with Gasteiger partial charge in [-0.05, 0) is 43.0 Å². The lowest BCUT2D eigenvalue weighted by atomic mass is 9.79. The van der Waals surface area contributed by atoms with E-state index in [-0.39, 0.29) is 17.9 Å². The number of hydrogen-bond donors (Lipinski definition) is 3. The van der Waals surface area contributed by atoms with Crippen LogP contribution in [0.25, 0.3) is 0 Å². The fourth-order valence-corrected chi connectivity index (χ4v) is 5.37. The largest absolute Gasteiger partial charge is 0.497 e. The maximum atomic E-state index is 13.6. The van der Waals surface area contributed by atoms with E-state index in [0.717, 1.165) is 12.2 Å². The van der Waals surface area contributed by atoms with Gasteiger partial charge in [-0.2, -0.15) is 11.8 Å². The van der Waals surface area contributed by atoms with Crippen molar-refractivity contribution in [3.63, 3.8) is 0 Å². The van der Waals surface area contributed by atoms with Gasteiger partial charge in [0.1, 0.15) is 17.0 Å². The van der Waals surface area contributed by atoms with Crippen molar-refractivity contribution in [1.29, 1.82) is 0 Å². The number of nitrogens with one attached hydrogen (secondary N) is 3. The van der Waals surface area contributed by atoms with Crippen LogP contribution in [0.2, 0.25) is 5.02 Å². The molecule has 2 aliphatic heterocycles. The first-order chi connectivity index (χ1) is 15.4. The van der Waals surface area contributed by atoms with Crippen LogP contribution >= 0.6 is 23.4 Å². The lowest BCUT2D eigenvalue weighted by molar-refractivity contribution is -0.130. The molecule has 2 aliphatic rings. The smallest absolute Gasteiger partial charge is 0.250 e. The first-order valence-electron chi connectivity index (χ1n) is 10.3. The number of hydrogen-bond acceptors (Lipinski definition) is 6. The van der Waals surface area contributed by atoms with E-state index < -0.39 is 11.5 Å². The first kappa shape index (κ1) is 22.8. The third-order valence-electron chi connectivity index (χ3n) is 6.16. The third-order valence-corrected chi connectivity index (χ3v) is 7.12. The Labute approximate surface area is 196 Å². The molecule has 3 atom stereocenters. The van der Waals surface area contributed by atoms with E-state index in [4.69, 9.17) is 21.1 Å². The maximum Gasteiger partial charge on any atom is 0.250 e. The Morgan fingerprint density at radius 3 is 2.81 bits per heavy atom. The number of thioether (sulfide) groups is 1. The van der Waals surface area contributed by atoms with Crippen molar-refractivity contribution in [2.45, 2.75) is 24.4 Å². The Morgan fingerprint density at radius 2 is 2.09 bits per heavy atom. The van der Waals surface area contributed by atoms with Crippen molar-refractivity contribution in [2.24, 2.45) is 5.92 Å². The highest BCUT2D eigenvalue weighted by atomic mass is 35.5. The summed E-state index contributed by atoms with van der Waals surface area (Å²) in [5.41, 5.74) is 0.581. The van der Waals surface area contributed by atoms with Gasteiger partial charge in [0, 0.05) is 17.7 Å². The fourth-order valence-electron chi connectivity index (χ4n) is 4.63. The number of methoxy groups -OCH3 is 2. The maximum absolute atomic E-state index is 13.6. The molecular formula is C23H26ClN3O4S. The molecule has 2 heterocycles. The molecule has 32 heavy (non-hydrogen) atoms. The molecule has 0 unspecified atom stereocenters. The van der Waals surface area contributed by atoms with Gasteiger partial charge in [-0.1, -0.05) is 23.7 Å². The zero-order valence-corrected chi connectivity index (χ0v) is 19.7. The van der Waals surface area contributed by atoms with E-state index in [9.17, 15) is 9.59 Å². The molecule has 9 heteroatoms. The van der Waals surface area contributed by atoms with Crippen molar-refractivity contribution in [2.75, 3.05) is 36.9 Å². The van der Waals surface area contributed by atoms with E-state index in [1.165, 1.54) is 7.11 Å². The summed E-state index contributed by atoms with van der Waals surface area (Å²) in [7, 11) is 3.10. The summed E-state index contributed by atoms with van der Waals surface area (Å²) in [5.74, 6) is 0.871. The standard InChI is InChI=1S/C23H26ClN3O4S/c1-30-14-7-8-19(31-2)18(12-14)25-21(28)16-11-13(9-10-32-3)27-23(16)15-5-4-6-17(24)20(15)26-22(23)29/h4-8,12-13,16,27H,9-11H2,1-3H3,(H,25,28)(H,26,29)/t13-,16+,23-/m1/s1. The van der Waals surface area contributed by atoms with Crippen LogP contribution in [0.15, 0.2) is 36.4 Å². The summed E-state index contributed by atoms with van der Waals surface area (Å²) in [6.07, 6.45) is 3.41. The lowest BCUT2D eigenvalue weighted by Gasteiger charge is -2.29. The molecule has 2 aromatic carbocycles. The Hall–Kier alpha value is -2.42. The van der Waals surface area contributed by atoms with E-state index >= 15 is 0 Å². The van der Waals surface area contributed by atoms with Gasteiger partial charge in [-0.25, -0.2) is 0 Å². The first-order valence-corrected chi connectivity index (χ1v) is 12.1. The number of anilines is 2. The molecule has 1 fully saturated rings. The number of benzene rings is 2. The number of para-hydroxylation sites is 1. The van der Waals surface area contributed by atoms with Crippen LogP contribution in [-0.2, 0) is 15.1 Å². The predicted octanol–water partition coefficient (Wildman–Crippen LogP) is 3.87. The minimum Gasteiger partial charge on any atom is -0.497 e. The van der Waals surface area contributed by atoms with Gasteiger partial charge < -0.3 is 20.1 Å². The molecular weight excluding hydrogens is 450 g/mol. The van der Waals surface area contributed by atoms with Crippen LogP contribution in [0, 0.1) is 5.92 Å². The molecule has 7 nitrogen and oxygen atoms in total. The summed E-state index contributed by atoms with van der Waals surface area (Å²) in [6, 6.07) is 10.6. The molecule has 0 aliphatic carbocycles. The molecule has 0 radical (unpaired) electrons. The van der Waals surface area contributed by atoms with Crippen LogP contribution in [0.4, 0.5) is 11.4 Å².